The molecule has 37 heavy (non-hydrogen) atoms. The summed E-state index contributed by atoms with van der Waals surface area (Å²) in [5, 5.41) is 27.5. The second kappa shape index (κ2) is 10.3. The third kappa shape index (κ3) is 5.08. The lowest BCUT2D eigenvalue weighted by Crippen LogP contribution is -2.42. The van der Waals surface area contributed by atoms with Crippen LogP contribution in [0.15, 0.2) is 85.4 Å². The summed E-state index contributed by atoms with van der Waals surface area (Å²) in [6.45, 7) is 3.75. The van der Waals surface area contributed by atoms with Crippen LogP contribution in [-0.4, -0.2) is 40.8 Å². The molecular formula is C31H32N2O4. The topological polar surface area (TPSA) is 98.7 Å². The van der Waals surface area contributed by atoms with Crippen molar-refractivity contribution < 1.29 is 19.8 Å². The molecule has 4 N–H and O–H groups in total. The van der Waals surface area contributed by atoms with Gasteiger partial charge in [0.05, 0.1) is 23.7 Å². The fourth-order valence-electron chi connectivity index (χ4n) is 5.61. The molecule has 190 valence electrons. The van der Waals surface area contributed by atoms with E-state index in [1.54, 1.807) is 18.2 Å². The highest BCUT2D eigenvalue weighted by Gasteiger charge is 2.61. The molecule has 6 nitrogen and oxygen atoms in total. The second-order valence-electron chi connectivity index (χ2n) is 10.1. The molecule has 3 aromatic carbocycles. The summed E-state index contributed by atoms with van der Waals surface area (Å²) in [6, 6.07) is 24.1. The van der Waals surface area contributed by atoms with E-state index in [1.165, 1.54) is 0 Å². The minimum absolute atomic E-state index is 0.0352. The maximum atomic E-state index is 13.7. The van der Waals surface area contributed by atoms with Gasteiger partial charge in [0.2, 0.25) is 5.91 Å². The average molecular weight is 497 g/mol. The van der Waals surface area contributed by atoms with Crippen LogP contribution in [0, 0.1) is 5.41 Å². The normalized spacial score (nSPS) is 24.5. The monoisotopic (exact) mass is 496 g/mol. The number of aliphatic hydroxyl groups excluding tert-OH is 2. The van der Waals surface area contributed by atoms with Crippen molar-refractivity contribution in [3.63, 3.8) is 0 Å². The van der Waals surface area contributed by atoms with Crippen molar-refractivity contribution in [2.24, 2.45) is 5.41 Å². The van der Waals surface area contributed by atoms with Gasteiger partial charge in [0.1, 0.15) is 0 Å². The first kappa shape index (κ1) is 24.9. The summed E-state index contributed by atoms with van der Waals surface area (Å²) < 4.78 is 0. The Morgan fingerprint density at radius 2 is 1.73 bits per heavy atom. The van der Waals surface area contributed by atoms with E-state index in [4.69, 9.17) is 0 Å². The Morgan fingerprint density at radius 3 is 2.46 bits per heavy atom. The van der Waals surface area contributed by atoms with Crippen molar-refractivity contribution in [1.29, 1.82) is 0 Å². The van der Waals surface area contributed by atoms with Gasteiger partial charge in [-0.25, -0.2) is 0 Å². The molecule has 0 saturated heterocycles. The average Bonchev–Trinajstić information content (AvgIpc) is 3.57. The van der Waals surface area contributed by atoms with Crippen molar-refractivity contribution in [2.45, 2.75) is 43.4 Å². The molecule has 5 atom stereocenters. The summed E-state index contributed by atoms with van der Waals surface area (Å²) in [6.07, 6.45) is 1.41. The Balaban J connectivity index is 1.29. The van der Waals surface area contributed by atoms with Gasteiger partial charge in [0, 0.05) is 18.5 Å². The molecule has 0 heterocycles. The van der Waals surface area contributed by atoms with Crippen LogP contribution in [0.1, 0.15) is 57.4 Å². The molecule has 0 spiro atoms. The van der Waals surface area contributed by atoms with Crippen molar-refractivity contribution >= 4 is 17.9 Å². The summed E-state index contributed by atoms with van der Waals surface area (Å²) in [7, 11) is 0. The standard InChI is InChI=1S/C31H32N2O4/c1-2-20-12-14-22(15-13-20)29(36)32-19-24(34)17-31(18-26(31)21-8-4-3-5-9-21)30(37)33-28-25-11-7-6-10-23(25)16-27(28)35/h2-15,24,26-28,34-35H,1,16-19H2,(H,32,36)(H,33,37)/t24-,26?,27?,28-,31?/m0/s1. The minimum atomic E-state index is -0.906. The quantitative estimate of drug-likeness (QED) is 0.363. The summed E-state index contributed by atoms with van der Waals surface area (Å²) in [4.78, 5) is 26.3. The van der Waals surface area contributed by atoms with Gasteiger partial charge in [-0.15, -0.1) is 0 Å². The number of hydrogen-bond acceptors (Lipinski definition) is 4. The SMILES string of the molecule is C=Cc1ccc(C(=O)NC[C@@H](O)CC2(C(=O)N[C@H]3c4ccccc4CC3O)CC2c2ccccc2)cc1. The Hall–Kier alpha value is -3.74. The van der Waals surface area contributed by atoms with Crippen LogP contribution in [0.5, 0.6) is 0 Å². The number of nitrogens with one attached hydrogen (secondary N) is 2. The maximum absolute atomic E-state index is 13.7. The highest BCUT2D eigenvalue weighted by molar-refractivity contribution is 5.94. The second-order valence-corrected chi connectivity index (χ2v) is 10.1. The lowest BCUT2D eigenvalue weighted by molar-refractivity contribution is -0.129. The zero-order chi connectivity index (χ0) is 26.0. The maximum Gasteiger partial charge on any atom is 0.251 e. The van der Waals surface area contributed by atoms with E-state index in [0.717, 1.165) is 22.3 Å². The molecular weight excluding hydrogens is 464 g/mol. The highest BCUT2D eigenvalue weighted by atomic mass is 16.3. The number of fused-ring (bicyclic) bond motifs is 1. The van der Waals surface area contributed by atoms with Crippen LogP contribution in [-0.2, 0) is 11.2 Å². The number of carbonyl (C=O) groups is 2. The molecule has 0 radical (unpaired) electrons. The molecule has 2 amide bonds. The molecule has 1 fully saturated rings. The Labute approximate surface area is 217 Å². The van der Waals surface area contributed by atoms with Gasteiger partial charge in [-0.2, -0.15) is 0 Å². The van der Waals surface area contributed by atoms with Crippen LogP contribution in [0.2, 0.25) is 0 Å². The lowest BCUT2D eigenvalue weighted by Gasteiger charge is -2.25. The van der Waals surface area contributed by atoms with Crippen LogP contribution >= 0.6 is 0 Å². The molecule has 0 aromatic heterocycles. The first-order valence-corrected chi connectivity index (χ1v) is 12.7. The molecule has 2 aliphatic rings. The van der Waals surface area contributed by atoms with E-state index in [1.807, 2.05) is 66.7 Å². The van der Waals surface area contributed by atoms with Gasteiger partial charge >= 0.3 is 0 Å². The van der Waals surface area contributed by atoms with Crippen LogP contribution in [0.3, 0.4) is 0 Å². The van der Waals surface area contributed by atoms with E-state index < -0.39 is 23.7 Å². The van der Waals surface area contributed by atoms with E-state index in [0.29, 0.717) is 18.4 Å². The van der Waals surface area contributed by atoms with Gasteiger partial charge in [0.25, 0.3) is 5.91 Å². The zero-order valence-corrected chi connectivity index (χ0v) is 20.6. The number of aliphatic hydroxyl groups is 2. The Morgan fingerprint density at radius 1 is 1.03 bits per heavy atom. The van der Waals surface area contributed by atoms with Crippen LogP contribution in [0.25, 0.3) is 6.08 Å². The fraction of sp³-hybridized carbons (Fsp3) is 0.290. The number of rotatable bonds is 9. The number of carbonyl (C=O) groups excluding carboxylic acids is 2. The van der Waals surface area contributed by atoms with Gasteiger partial charge in [-0.1, -0.05) is 79.4 Å². The van der Waals surface area contributed by atoms with Crippen LogP contribution < -0.4 is 10.6 Å². The molecule has 3 aromatic rings. The Bertz CT molecular complexity index is 1290. The van der Waals surface area contributed by atoms with Gasteiger partial charge in [-0.3, -0.25) is 9.59 Å². The van der Waals surface area contributed by atoms with Gasteiger partial charge in [-0.05, 0) is 53.1 Å². The predicted octanol–water partition coefficient (Wildman–Crippen LogP) is 3.76. The molecule has 3 unspecified atom stereocenters. The molecule has 5 rings (SSSR count). The third-order valence-corrected chi connectivity index (χ3v) is 7.73. The van der Waals surface area contributed by atoms with E-state index >= 15 is 0 Å². The molecule has 1 saturated carbocycles. The number of benzene rings is 3. The molecule has 6 heteroatoms. The summed E-state index contributed by atoms with van der Waals surface area (Å²) >= 11 is 0. The predicted molar refractivity (Wildman–Crippen MR) is 143 cm³/mol. The van der Waals surface area contributed by atoms with Crippen molar-refractivity contribution in [2.75, 3.05) is 6.54 Å². The number of amides is 2. The summed E-state index contributed by atoms with van der Waals surface area (Å²) in [5.41, 5.74) is 3.62. The highest BCUT2D eigenvalue weighted by Crippen LogP contribution is 2.62. The molecule has 0 aliphatic heterocycles. The first-order valence-electron chi connectivity index (χ1n) is 12.7. The number of hydrogen-bond donors (Lipinski definition) is 4. The fourth-order valence-corrected chi connectivity index (χ4v) is 5.61. The van der Waals surface area contributed by atoms with Gasteiger partial charge in [0.15, 0.2) is 0 Å². The smallest absolute Gasteiger partial charge is 0.251 e. The lowest BCUT2D eigenvalue weighted by atomic mass is 9.90. The van der Waals surface area contributed by atoms with Crippen molar-refractivity contribution in [3.8, 4) is 0 Å². The van der Waals surface area contributed by atoms with E-state index in [2.05, 4.69) is 17.2 Å². The van der Waals surface area contributed by atoms with Gasteiger partial charge < -0.3 is 20.8 Å². The minimum Gasteiger partial charge on any atom is -0.391 e. The van der Waals surface area contributed by atoms with Crippen molar-refractivity contribution in [1.82, 2.24) is 10.6 Å². The zero-order valence-electron chi connectivity index (χ0n) is 20.6. The van der Waals surface area contributed by atoms with Crippen molar-refractivity contribution in [3.05, 3.63) is 113 Å². The molecule has 2 aliphatic carbocycles. The van der Waals surface area contributed by atoms with E-state index in [-0.39, 0.29) is 30.7 Å². The summed E-state index contributed by atoms with van der Waals surface area (Å²) in [5.74, 6) is -0.499. The van der Waals surface area contributed by atoms with E-state index in [9.17, 15) is 19.8 Å². The Kier molecular flexibility index (Phi) is 6.96. The largest absolute Gasteiger partial charge is 0.391 e. The third-order valence-electron chi connectivity index (χ3n) is 7.73. The van der Waals surface area contributed by atoms with Crippen LogP contribution in [0.4, 0.5) is 0 Å². The molecule has 0 bridgehead atoms. The first-order chi connectivity index (χ1) is 17.9.